The third-order valence-corrected chi connectivity index (χ3v) is 8.98. The molecule has 2 aliphatic rings. The number of aryl methyl sites for hydroxylation is 1. The second-order valence-electron chi connectivity index (χ2n) is 11.4. The SMILES string of the molecule is Cc1ncsc1-c1ccc([C@H](C)NC(=O)[C@@H]2C[C@@H](O)CN2C(=O)[C@@H](c2cc(OC3CC(C=O)C3)no2)C(C)C)cc1. The zero-order valence-electron chi connectivity index (χ0n) is 23.6. The number of benzene rings is 1. The van der Waals surface area contributed by atoms with Crippen LogP contribution in [0.15, 0.2) is 40.4 Å². The van der Waals surface area contributed by atoms with Crippen LogP contribution in [0.5, 0.6) is 5.88 Å². The number of hydrogen-bond acceptors (Lipinski definition) is 9. The molecular weight excluding hydrogens is 544 g/mol. The first-order chi connectivity index (χ1) is 19.6. The highest BCUT2D eigenvalue weighted by Crippen LogP contribution is 2.35. The summed E-state index contributed by atoms with van der Waals surface area (Å²) in [6, 6.07) is 8.49. The quantitative estimate of drug-likeness (QED) is 0.343. The van der Waals surface area contributed by atoms with Crippen molar-refractivity contribution < 1.29 is 28.8 Å². The van der Waals surface area contributed by atoms with E-state index in [1.165, 1.54) is 4.90 Å². The van der Waals surface area contributed by atoms with Gasteiger partial charge in [0.2, 0.25) is 11.8 Å². The molecule has 1 aromatic carbocycles. The number of aldehydes is 1. The van der Waals surface area contributed by atoms with Crippen LogP contribution in [0.2, 0.25) is 0 Å². The van der Waals surface area contributed by atoms with Crippen LogP contribution in [0.4, 0.5) is 0 Å². The third-order valence-electron chi connectivity index (χ3n) is 8.00. The molecule has 0 radical (unpaired) electrons. The number of hydrogen-bond donors (Lipinski definition) is 2. The van der Waals surface area contributed by atoms with Gasteiger partial charge in [0.15, 0.2) is 5.76 Å². The molecule has 1 saturated carbocycles. The molecule has 5 rings (SSSR count). The molecule has 0 unspecified atom stereocenters. The van der Waals surface area contributed by atoms with E-state index in [1.54, 1.807) is 17.4 Å². The number of aliphatic hydroxyl groups excluding tert-OH is 1. The van der Waals surface area contributed by atoms with Crippen LogP contribution in [0, 0.1) is 18.8 Å². The van der Waals surface area contributed by atoms with Crippen molar-refractivity contribution in [2.24, 2.45) is 11.8 Å². The molecule has 10 nitrogen and oxygen atoms in total. The molecule has 41 heavy (non-hydrogen) atoms. The summed E-state index contributed by atoms with van der Waals surface area (Å²) in [7, 11) is 0. The average Bonchev–Trinajstić information content (AvgIpc) is 3.66. The highest BCUT2D eigenvalue weighted by molar-refractivity contribution is 7.13. The average molecular weight is 581 g/mol. The number of carbonyl (C=O) groups excluding carboxylic acids is 3. The summed E-state index contributed by atoms with van der Waals surface area (Å²) >= 11 is 1.59. The predicted octanol–water partition coefficient (Wildman–Crippen LogP) is 4.04. The van der Waals surface area contributed by atoms with Crippen LogP contribution in [0.1, 0.15) is 69.0 Å². The second kappa shape index (κ2) is 12.1. The van der Waals surface area contributed by atoms with Crippen LogP contribution < -0.4 is 10.1 Å². The van der Waals surface area contributed by atoms with E-state index in [2.05, 4.69) is 15.5 Å². The van der Waals surface area contributed by atoms with Gasteiger partial charge in [0.1, 0.15) is 24.3 Å². The molecule has 2 fully saturated rings. The lowest BCUT2D eigenvalue weighted by molar-refractivity contribution is -0.141. The van der Waals surface area contributed by atoms with Crippen molar-refractivity contribution >= 4 is 29.4 Å². The lowest BCUT2D eigenvalue weighted by Crippen LogP contribution is -2.48. The normalized spacial score (nSPS) is 23.6. The number of carbonyl (C=O) groups is 3. The van der Waals surface area contributed by atoms with Crippen LogP contribution in [-0.2, 0) is 14.4 Å². The zero-order valence-corrected chi connectivity index (χ0v) is 24.5. The van der Waals surface area contributed by atoms with E-state index >= 15 is 0 Å². The number of aromatic nitrogens is 2. The number of aliphatic hydroxyl groups is 1. The highest BCUT2D eigenvalue weighted by Gasteiger charge is 2.43. The maximum atomic E-state index is 13.8. The Hall–Kier alpha value is -3.57. The summed E-state index contributed by atoms with van der Waals surface area (Å²) < 4.78 is 11.3. The Balaban J connectivity index is 1.25. The smallest absolute Gasteiger partial charge is 0.254 e. The van der Waals surface area contributed by atoms with Crippen LogP contribution >= 0.6 is 11.3 Å². The van der Waals surface area contributed by atoms with Gasteiger partial charge < -0.3 is 29.4 Å². The van der Waals surface area contributed by atoms with E-state index in [0.717, 1.165) is 28.0 Å². The number of ether oxygens (including phenoxy) is 1. The van der Waals surface area contributed by atoms with E-state index < -0.39 is 18.1 Å². The molecule has 3 aromatic rings. The Morgan fingerprint density at radius 2 is 1.93 bits per heavy atom. The van der Waals surface area contributed by atoms with Gasteiger partial charge in [-0.05, 0) is 48.9 Å². The Morgan fingerprint density at radius 3 is 2.56 bits per heavy atom. The van der Waals surface area contributed by atoms with Crippen molar-refractivity contribution in [3.63, 3.8) is 0 Å². The van der Waals surface area contributed by atoms with Gasteiger partial charge in [0, 0.05) is 24.9 Å². The monoisotopic (exact) mass is 580 g/mol. The highest BCUT2D eigenvalue weighted by atomic mass is 32.1. The van der Waals surface area contributed by atoms with Gasteiger partial charge >= 0.3 is 0 Å². The molecule has 2 aromatic heterocycles. The summed E-state index contributed by atoms with van der Waals surface area (Å²) in [5.74, 6) is -0.858. The minimum absolute atomic E-state index is 0.0103. The van der Waals surface area contributed by atoms with Crippen LogP contribution in [0.25, 0.3) is 10.4 Å². The standard InChI is InChI=1S/C30H36N4O6S/c1-16(2)27(25-12-26(33-40-25)39-23-9-19(10-23)14-35)30(38)34-13-22(36)11-24(34)29(37)32-17(3)20-5-7-21(8-6-20)28-18(4)31-15-41-28/h5-8,12,14-17,19,22-24,27,36H,9-11,13H2,1-4H3,(H,32,37)/t17-,19?,22+,23?,24-,27+/m0/s1. The largest absolute Gasteiger partial charge is 0.472 e. The van der Waals surface area contributed by atoms with Crippen molar-refractivity contribution in [2.45, 2.75) is 77.2 Å². The topological polar surface area (TPSA) is 135 Å². The summed E-state index contributed by atoms with van der Waals surface area (Å²) in [4.78, 5) is 45.0. The molecular formula is C30H36N4O6S. The molecule has 4 atom stereocenters. The zero-order chi connectivity index (χ0) is 29.3. The van der Waals surface area contributed by atoms with E-state index in [1.807, 2.05) is 57.5 Å². The number of likely N-dealkylation sites (tertiary alicyclic amines) is 1. The molecule has 0 bridgehead atoms. The van der Waals surface area contributed by atoms with Crippen molar-refractivity contribution in [3.05, 3.63) is 52.9 Å². The number of nitrogens with zero attached hydrogens (tertiary/aromatic N) is 3. The van der Waals surface area contributed by atoms with Crippen LogP contribution in [0.3, 0.4) is 0 Å². The minimum atomic E-state index is -0.811. The number of nitrogens with one attached hydrogen (secondary N) is 1. The number of amides is 2. The molecule has 11 heteroatoms. The molecule has 0 spiro atoms. The van der Waals surface area contributed by atoms with Gasteiger partial charge in [0.05, 0.1) is 28.2 Å². The molecule has 2 amide bonds. The van der Waals surface area contributed by atoms with Crippen molar-refractivity contribution in [1.82, 2.24) is 20.4 Å². The van der Waals surface area contributed by atoms with E-state index in [-0.39, 0.29) is 54.6 Å². The molecule has 218 valence electrons. The maximum absolute atomic E-state index is 13.8. The summed E-state index contributed by atoms with van der Waals surface area (Å²) in [6.45, 7) is 7.73. The molecule has 1 aliphatic carbocycles. The Bertz CT molecular complexity index is 1380. The first-order valence-electron chi connectivity index (χ1n) is 14.0. The van der Waals surface area contributed by atoms with Crippen molar-refractivity contribution in [3.8, 4) is 16.3 Å². The first kappa shape index (κ1) is 28.9. The maximum Gasteiger partial charge on any atom is 0.254 e. The number of thiazole rings is 1. The lowest BCUT2D eigenvalue weighted by Gasteiger charge is -2.30. The molecule has 1 saturated heterocycles. The lowest BCUT2D eigenvalue weighted by atomic mass is 9.83. The summed E-state index contributed by atoms with van der Waals surface area (Å²) in [6.07, 6.45) is 1.44. The van der Waals surface area contributed by atoms with Crippen molar-refractivity contribution in [2.75, 3.05) is 6.54 Å². The van der Waals surface area contributed by atoms with Gasteiger partial charge in [-0.3, -0.25) is 9.59 Å². The fourth-order valence-electron chi connectivity index (χ4n) is 5.57. The van der Waals surface area contributed by atoms with Gasteiger partial charge in [-0.2, -0.15) is 0 Å². The summed E-state index contributed by atoms with van der Waals surface area (Å²) in [5, 5.41) is 17.5. The first-order valence-corrected chi connectivity index (χ1v) is 14.9. The van der Waals surface area contributed by atoms with E-state index in [4.69, 9.17) is 9.26 Å². The minimum Gasteiger partial charge on any atom is -0.472 e. The molecule has 1 aliphatic heterocycles. The van der Waals surface area contributed by atoms with Gasteiger partial charge in [-0.15, -0.1) is 11.3 Å². The Morgan fingerprint density at radius 1 is 1.20 bits per heavy atom. The molecule has 2 N–H and O–H groups in total. The van der Waals surface area contributed by atoms with Gasteiger partial charge in [-0.25, -0.2) is 4.98 Å². The predicted molar refractivity (Wildman–Crippen MR) is 152 cm³/mol. The fourth-order valence-corrected chi connectivity index (χ4v) is 6.39. The Labute approximate surface area is 243 Å². The fraction of sp³-hybridized carbons (Fsp3) is 0.500. The number of β-amino-alcohol motifs (C(OH)–C–C–N with tert-alkyl or cyclic N) is 1. The van der Waals surface area contributed by atoms with E-state index in [9.17, 15) is 19.5 Å². The number of rotatable bonds is 10. The third kappa shape index (κ3) is 6.20. The van der Waals surface area contributed by atoms with Crippen LogP contribution in [-0.4, -0.2) is 63.0 Å². The summed E-state index contributed by atoms with van der Waals surface area (Å²) in [5.41, 5.74) is 4.81. The second-order valence-corrected chi connectivity index (χ2v) is 12.3. The van der Waals surface area contributed by atoms with E-state index in [0.29, 0.717) is 18.6 Å². The Kier molecular flexibility index (Phi) is 8.55. The van der Waals surface area contributed by atoms with Gasteiger partial charge in [0.25, 0.3) is 5.88 Å². The molecule has 3 heterocycles. The van der Waals surface area contributed by atoms with Gasteiger partial charge in [-0.1, -0.05) is 38.1 Å². The van der Waals surface area contributed by atoms with Crippen molar-refractivity contribution in [1.29, 1.82) is 0 Å².